The lowest BCUT2D eigenvalue weighted by atomic mass is 10.1. The van der Waals surface area contributed by atoms with Crippen molar-refractivity contribution in [1.29, 1.82) is 0 Å². The quantitative estimate of drug-likeness (QED) is 0.425. The lowest BCUT2D eigenvalue weighted by molar-refractivity contribution is -0.164. The summed E-state index contributed by atoms with van der Waals surface area (Å²) < 4.78 is 20.7. The van der Waals surface area contributed by atoms with Crippen LogP contribution >= 0.6 is 15.9 Å². The van der Waals surface area contributed by atoms with Gasteiger partial charge in [0.15, 0.2) is 6.29 Å². The van der Waals surface area contributed by atoms with E-state index in [4.69, 9.17) is 20.6 Å². The second-order valence-corrected chi connectivity index (χ2v) is 4.54. The molecule has 0 aromatic carbocycles. The standard InChI is InChI=1S/C11H15BrO5/c1-4-5-16-10-9(12)7(6-8(13)14-2)17-11(10)15-3/h1,7,9-11H,5-6H2,2-3H3/t7-,9-,10+,11+/m1/s1. The summed E-state index contributed by atoms with van der Waals surface area (Å²) in [7, 11) is 2.85. The highest BCUT2D eigenvalue weighted by Gasteiger charge is 2.45. The van der Waals surface area contributed by atoms with Crippen molar-refractivity contribution in [2.75, 3.05) is 20.8 Å². The molecule has 6 heteroatoms. The van der Waals surface area contributed by atoms with Crippen LogP contribution in [0.2, 0.25) is 0 Å². The molecule has 1 saturated heterocycles. The Morgan fingerprint density at radius 3 is 2.76 bits per heavy atom. The maximum absolute atomic E-state index is 11.2. The lowest BCUT2D eigenvalue weighted by Gasteiger charge is -2.18. The Bertz CT molecular complexity index is 301. The van der Waals surface area contributed by atoms with Gasteiger partial charge in [0.1, 0.15) is 12.7 Å². The molecule has 0 aliphatic carbocycles. The van der Waals surface area contributed by atoms with Crippen LogP contribution in [-0.2, 0) is 23.7 Å². The van der Waals surface area contributed by atoms with Gasteiger partial charge in [-0.25, -0.2) is 0 Å². The summed E-state index contributed by atoms with van der Waals surface area (Å²) in [6.45, 7) is 0.168. The zero-order valence-corrected chi connectivity index (χ0v) is 11.3. The fourth-order valence-electron chi connectivity index (χ4n) is 1.60. The maximum atomic E-state index is 11.2. The van der Waals surface area contributed by atoms with Crippen molar-refractivity contribution in [1.82, 2.24) is 0 Å². The first-order valence-corrected chi connectivity index (χ1v) is 5.99. The van der Waals surface area contributed by atoms with E-state index in [1.807, 2.05) is 0 Å². The van der Waals surface area contributed by atoms with Gasteiger partial charge in [0, 0.05) is 7.11 Å². The van der Waals surface area contributed by atoms with Gasteiger partial charge in [0.25, 0.3) is 0 Å². The van der Waals surface area contributed by atoms with Crippen molar-refractivity contribution < 1.29 is 23.7 Å². The number of methoxy groups -OCH3 is 2. The minimum atomic E-state index is -0.539. The van der Waals surface area contributed by atoms with Crippen molar-refractivity contribution >= 4 is 21.9 Å². The average molecular weight is 307 g/mol. The largest absolute Gasteiger partial charge is 0.469 e. The fraction of sp³-hybridized carbons (Fsp3) is 0.727. The first kappa shape index (κ1) is 14.5. The van der Waals surface area contributed by atoms with E-state index in [2.05, 4.69) is 26.6 Å². The molecule has 5 nitrogen and oxygen atoms in total. The summed E-state index contributed by atoms with van der Waals surface area (Å²) in [6.07, 6.45) is 4.04. The number of hydrogen-bond donors (Lipinski definition) is 0. The van der Waals surface area contributed by atoms with E-state index in [0.29, 0.717) is 0 Å². The molecule has 96 valence electrons. The normalized spacial score (nSPS) is 32.1. The molecule has 0 amide bonds. The minimum Gasteiger partial charge on any atom is -0.469 e. The van der Waals surface area contributed by atoms with Crippen LogP contribution in [0.4, 0.5) is 0 Å². The Hall–Kier alpha value is -0.610. The lowest BCUT2D eigenvalue weighted by Crippen LogP contribution is -2.33. The molecular formula is C11H15BrO5. The molecule has 17 heavy (non-hydrogen) atoms. The summed E-state index contributed by atoms with van der Waals surface area (Å²) in [5, 5.41) is 0. The minimum absolute atomic E-state index is 0.141. The van der Waals surface area contributed by atoms with E-state index >= 15 is 0 Å². The highest BCUT2D eigenvalue weighted by Crippen LogP contribution is 2.32. The van der Waals surface area contributed by atoms with Gasteiger partial charge in [-0.15, -0.1) is 6.42 Å². The van der Waals surface area contributed by atoms with Gasteiger partial charge in [-0.2, -0.15) is 0 Å². The van der Waals surface area contributed by atoms with Gasteiger partial charge < -0.3 is 18.9 Å². The van der Waals surface area contributed by atoms with Gasteiger partial charge in [-0.1, -0.05) is 21.9 Å². The monoisotopic (exact) mass is 306 g/mol. The third kappa shape index (κ3) is 3.68. The van der Waals surface area contributed by atoms with Crippen LogP contribution in [0, 0.1) is 12.3 Å². The third-order valence-electron chi connectivity index (χ3n) is 2.43. The molecule has 0 spiro atoms. The first-order chi connectivity index (χ1) is 8.13. The van der Waals surface area contributed by atoms with Crippen molar-refractivity contribution in [2.24, 2.45) is 0 Å². The topological polar surface area (TPSA) is 54.0 Å². The Morgan fingerprint density at radius 2 is 2.24 bits per heavy atom. The van der Waals surface area contributed by atoms with E-state index in [1.54, 1.807) is 0 Å². The Morgan fingerprint density at radius 1 is 1.53 bits per heavy atom. The number of terminal acetylenes is 1. The van der Waals surface area contributed by atoms with Crippen molar-refractivity contribution in [2.45, 2.75) is 29.7 Å². The van der Waals surface area contributed by atoms with E-state index in [0.717, 1.165) is 0 Å². The van der Waals surface area contributed by atoms with Crippen LogP contribution < -0.4 is 0 Å². The van der Waals surface area contributed by atoms with Gasteiger partial charge in [0.2, 0.25) is 0 Å². The Labute approximate surface area is 109 Å². The summed E-state index contributed by atoms with van der Waals surface area (Å²) in [5.41, 5.74) is 0. The zero-order valence-electron chi connectivity index (χ0n) is 9.72. The molecule has 0 N–H and O–H groups in total. The molecule has 1 rings (SSSR count). The SMILES string of the molecule is C#CCO[C@@H]1[C@@H](OC)O[C@H](CC(=O)OC)[C@H]1Br. The number of ether oxygens (including phenoxy) is 4. The number of carbonyl (C=O) groups excluding carboxylic acids is 1. The van der Waals surface area contributed by atoms with E-state index in [-0.39, 0.29) is 36.0 Å². The van der Waals surface area contributed by atoms with Gasteiger partial charge in [-0.3, -0.25) is 4.79 Å². The maximum Gasteiger partial charge on any atom is 0.308 e. The molecule has 0 bridgehead atoms. The Balaban J connectivity index is 2.60. The molecule has 1 aliphatic rings. The van der Waals surface area contributed by atoms with Crippen LogP contribution in [0.5, 0.6) is 0 Å². The smallest absolute Gasteiger partial charge is 0.308 e. The molecule has 0 unspecified atom stereocenters. The van der Waals surface area contributed by atoms with E-state index in [1.165, 1.54) is 14.2 Å². The molecule has 0 aromatic rings. The second-order valence-electron chi connectivity index (χ2n) is 3.48. The number of esters is 1. The van der Waals surface area contributed by atoms with Crippen molar-refractivity contribution in [3.05, 3.63) is 0 Å². The summed E-state index contributed by atoms with van der Waals surface area (Å²) in [4.78, 5) is 11.0. The molecule has 0 radical (unpaired) electrons. The molecular weight excluding hydrogens is 292 g/mol. The van der Waals surface area contributed by atoms with Crippen LogP contribution in [-0.4, -0.2) is 50.1 Å². The van der Waals surface area contributed by atoms with Crippen LogP contribution in [0.3, 0.4) is 0 Å². The molecule has 4 atom stereocenters. The number of carbonyl (C=O) groups is 1. The summed E-state index contributed by atoms with van der Waals surface area (Å²) in [6, 6.07) is 0. The number of rotatable bonds is 5. The number of hydrogen-bond acceptors (Lipinski definition) is 5. The highest BCUT2D eigenvalue weighted by atomic mass is 79.9. The average Bonchev–Trinajstić information content (AvgIpc) is 2.63. The summed E-state index contributed by atoms with van der Waals surface area (Å²) >= 11 is 3.43. The van der Waals surface area contributed by atoms with Crippen LogP contribution in [0.1, 0.15) is 6.42 Å². The predicted octanol–water partition coefficient (Wildman–Crippen LogP) is 0.703. The van der Waals surface area contributed by atoms with Gasteiger partial charge in [-0.05, 0) is 0 Å². The molecule has 0 saturated carbocycles. The molecule has 1 heterocycles. The highest BCUT2D eigenvalue weighted by molar-refractivity contribution is 9.09. The first-order valence-electron chi connectivity index (χ1n) is 5.08. The van der Waals surface area contributed by atoms with Crippen LogP contribution in [0.25, 0.3) is 0 Å². The van der Waals surface area contributed by atoms with Crippen molar-refractivity contribution in [3.63, 3.8) is 0 Å². The number of alkyl halides is 1. The Kier molecular flexibility index (Phi) is 5.92. The predicted molar refractivity (Wildman–Crippen MR) is 63.6 cm³/mol. The van der Waals surface area contributed by atoms with Gasteiger partial charge >= 0.3 is 5.97 Å². The zero-order chi connectivity index (χ0) is 12.8. The number of halogens is 1. The van der Waals surface area contributed by atoms with Gasteiger partial charge in [0.05, 0.1) is 24.5 Å². The third-order valence-corrected chi connectivity index (χ3v) is 3.54. The van der Waals surface area contributed by atoms with Crippen LogP contribution in [0.15, 0.2) is 0 Å². The van der Waals surface area contributed by atoms with Crippen molar-refractivity contribution in [3.8, 4) is 12.3 Å². The summed E-state index contributed by atoms with van der Waals surface area (Å²) in [5.74, 6) is 2.04. The molecule has 1 fully saturated rings. The van der Waals surface area contributed by atoms with E-state index in [9.17, 15) is 4.79 Å². The molecule has 0 aromatic heterocycles. The van der Waals surface area contributed by atoms with E-state index < -0.39 is 6.29 Å². The second kappa shape index (κ2) is 6.97. The molecule has 1 aliphatic heterocycles. The fourth-order valence-corrected chi connectivity index (χ4v) is 2.31.